The number of rotatable bonds is 7. The first-order valence-electron chi connectivity index (χ1n) is 9.25. The fourth-order valence-corrected chi connectivity index (χ4v) is 4.03. The van der Waals surface area contributed by atoms with E-state index in [9.17, 15) is 9.59 Å². The Morgan fingerprint density at radius 1 is 1.14 bits per heavy atom. The summed E-state index contributed by atoms with van der Waals surface area (Å²) in [5.74, 6) is 0.471. The molecule has 2 amide bonds. The molecule has 7 heteroatoms. The first-order chi connectivity index (χ1) is 13.6. The molecule has 6 nitrogen and oxygen atoms in total. The van der Waals surface area contributed by atoms with Crippen LogP contribution in [0.2, 0.25) is 0 Å². The summed E-state index contributed by atoms with van der Waals surface area (Å²) < 4.78 is 5.39. The maximum atomic E-state index is 12.7. The van der Waals surface area contributed by atoms with Gasteiger partial charge < -0.3 is 10.1 Å². The average molecular weight is 398 g/mol. The number of thioether (sulfide) groups is 1. The van der Waals surface area contributed by atoms with E-state index in [1.807, 2.05) is 44.2 Å². The molecule has 0 aliphatic carbocycles. The lowest BCUT2D eigenvalue weighted by atomic mass is 10.2. The molecule has 3 rings (SSSR count). The van der Waals surface area contributed by atoms with E-state index in [4.69, 9.17) is 4.74 Å². The number of ether oxygens (including phenoxy) is 1. The first-order valence-corrected chi connectivity index (χ1v) is 10.1. The van der Waals surface area contributed by atoms with Crippen LogP contribution in [-0.2, 0) is 9.59 Å². The summed E-state index contributed by atoms with van der Waals surface area (Å²) in [6.45, 7) is 4.93. The number of nitrogens with one attached hydrogen (secondary N) is 1. The molecule has 0 radical (unpaired) electrons. The van der Waals surface area contributed by atoms with Gasteiger partial charge in [0.2, 0.25) is 11.8 Å². The normalized spacial score (nSPS) is 17.8. The van der Waals surface area contributed by atoms with Gasteiger partial charge in [-0.1, -0.05) is 30.0 Å². The molecule has 0 saturated carbocycles. The second-order valence-corrected chi connectivity index (χ2v) is 7.30. The van der Waals surface area contributed by atoms with E-state index < -0.39 is 5.25 Å². The fraction of sp³-hybridized carbons (Fsp3) is 0.286. The third kappa shape index (κ3) is 4.92. The number of hydrogen-bond donors (Lipinski definition) is 1. The molecule has 2 aromatic rings. The van der Waals surface area contributed by atoms with E-state index in [1.165, 1.54) is 11.8 Å². The Balaban J connectivity index is 1.64. The van der Waals surface area contributed by atoms with Gasteiger partial charge in [-0.2, -0.15) is 0 Å². The lowest BCUT2D eigenvalue weighted by Gasteiger charge is -2.13. The number of anilines is 1. The van der Waals surface area contributed by atoms with Crippen LogP contribution in [0.25, 0.3) is 0 Å². The standard InChI is InChI=1S/C21H23N3O3S/c1-3-24-20(26)18(28-21(24)23-15-8-6-5-7-9-15)14-19(25)22-16-10-12-17(13-11-16)27-4-2/h5-13,18H,3-4,14H2,1-2H3,(H,22,25). The third-order valence-corrected chi connectivity index (χ3v) is 5.31. The van der Waals surface area contributed by atoms with Crippen molar-refractivity contribution in [3.63, 3.8) is 0 Å². The molecule has 0 aromatic heterocycles. The summed E-state index contributed by atoms with van der Waals surface area (Å²) in [6, 6.07) is 16.7. The SMILES string of the molecule is CCOc1ccc(NC(=O)CC2SC(=Nc3ccccc3)N(CC)C2=O)cc1. The number of para-hydroxylation sites is 1. The Labute approximate surface area is 169 Å². The zero-order valence-corrected chi connectivity index (χ0v) is 16.7. The van der Waals surface area contributed by atoms with Gasteiger partial charge in [0.05, 0.1) is 12.3 Å². The number of amides is 2. The largest absolute Gasteiger partial charge is 0.494 e. The van der Waals surface area contributed by atoms with Crippen molar-refractivity contribution in [1.29, 1.82) is 0 Å². The second kappa shape index (κ2) is 9.41. The van der Waals surface area contributed by atoms with E-state index in [2.05, 4.69) is 10.3 Å². The summed E-state index contributed by atoms with van der Waals surface area (Å²) in [5.41, 5.74) is 1.46. The summed E-state index contributed by atoms with van der Waals surface area (Å²) in [4.78, 5) is 31.3. The van der Waals surface area contributed by atoms with Gasteiger partial charge in [-0.25, -0.2) is 4.99 Å². The van der Waals surface area contributed by atoms with Crippen LogP contribution in [0.3, 0.4) is 0 Å². The number of benzene rings is 2. The molecule has 2 aromatic carbocycles. The Morgan fingerprint density at radius 2 is 1.86 bits per heavy atom. The average Bonchev–Trinajstić information content (AvgIpc) is 2.98. The summed E-state index contributed by atoms with van der Waals surface area (Å²) in [5, 5.41) is 3.01. The van der Waals surface area contributed by atoms with Crippen LogP contribution < -0.4 is 10.1 Å². The monoisotopic (exact) mass is 397 g/mol. The number of aliphatic imine (C=N–C) groups is 1. The minimum absolute atomic E-state index is 0.0796. The minimum atomic E-state index is -0.467. The smallest absolute Gasteiger partial charge is 0.242 e. The lowest BCUT2D eigenvalue weighted by Crippen LogP contribution is -2.33. The Kier molecular flexibility index (Phi) is 6.71. The van der Waals surface area contributed by atoms with Crippen molar-refractivity contribution >= 4 is 40.1 Å². The zero-order chi connectivity index (χ0) is 19.9. The van der Waals surface area contributed by atoms with E-state index in [0.29, 0.717) is 24.0 Å². The molecule has 1 atom stereocenters. The lowest BCUT2D eigenvalue weighted by molar-refractivity contribution is -0.128. The highest BCUT2D eigenvalue weighted by atomic mass is 32.2. The van der Waals surface area contributed by atoms with Crippen molar-refractivity contribution in [2.24, 2.45) is 4.99 Å². The predicted octanol–water partition coefficient (Wildman–Crippen LogP) is 4.07. The maximum absolute atomic E-state index is 12.7. The molecular weight excluding hydrogens is 374 g/mol. The first kappa shape index (κ1) is 19.9. The maximum Gasteiger partial charge on any atom is 0.242 e. The second-order valence-electron chi connectivity index (χ2n) is 6.13. The van der Waals surface area contributed by atoms with Crippen LogP contribution in [0.15, 0.2) is 59.6 Å². The highest BCUT2D eigenvalue weighted by Gasteiger charge is 2.38. The fourth-order valence-electron chi connectivity index (χ4n) is 2.81. The summed E-state index contributed by atoms with van der Waals surface area (Å²) in [6.07, 6.45) is 0.0982. The van der Waals surface area contributed by atoms with Crippen molar-refractivity contribution in [3.8, 4) is 5.75 Å². The topological polar surface area (TPSA) is 71.0 Å². The van der Waals surface area contributed by atoms with Crippen LogP contribution in [0, 0.1) is 0 Å². The molecule has 0 bridgehead atoms. The number of amidine groups is 1. The van der Waals surface area contributed by atoms with Crippen LogP contribution in [0.1, 0.15) is 20.3 Å². The molecule has 28 heavy (non-hydrogen) atoms. The van der Waals surface area contributed by atoms with Crippen LogP contribution in [0.5, 0.6) is 5.75 Å². The quantitative estimate of drug-likeness (QED) is 0.765. The Hall–Kier alpha value is -2.80. The minimum Gasteiger partial charge on any atom is -0.494 e. The number of hydrogen-bond acceptors (Lipinski definition) is 5. The van der Waals surface area contributed by atoms with Crippen LogP contribution >= 0.6 is 11.8 Å². The highest BCUT2D eigenvalue weighted by Crippen LogP contribution is 2.31. The van der Waals surface area contributed by atoms with Gasteiger partial charge in [0, 0.05) is 18.7 Å². The number of carbonyl (C=O) groups is 2. The van der Waals surface area contributed by atoms with Gasteiger partial charge in [-0.05, 0) is 50.2 Å². The van der Waals surface area contributed by atoms with Gasteiger partial charge in [-0.15, -0.1) is 0 Å². The van der Waals surface area contributed by atoms with Gasteiger partial charge in [0.25, 0.3) is 0 Å². The van der Waals surface area contributed by atoms with Crippen molar-refractivity contribution < 1.29 is 14.3 Å². The molecule has 0 spiro atoms. The van der Waals surface area contributed by atoms with Crippen LogP contribution in [0.4, 0.5) is 11.4 Å². The molecule has 1 heterocycles. The van der Waals surface area contributed by atoms with Crippen molar-refractivity contribution in [1.82, 2.24) is 4.90 Å². The van der Waals surface area contributed by atoms with Crippen molar-refractivity contribution in [3.05, 3.63) is 54.6 Å². The predicted molar refractivity (Wildman–Crippen MR) is 113 cm³/mol. The van der Waals surface area contributed by atoms with Crippen molar-refractivity contribution in [2.75, 3.05) is 18.5 Å². The van der Waals surface area contributed by atoms with E-state index in [1.54, 1.807) is 29.2 Å². The molecule has 1 unspecified atom stereocenters. The molecule has 1 fully saturated rings. The van der Waals surface area contributed by atoms with Gasteiger partial charge in [0.15, 0.2) is 5.17 Å². The molecule has 1 saturated heterocycles. The van der Waals surface area contributed by atoms with Gasteiger partial charge >= 0.3 is 0 Å². The van der Waals surface area contributed by atoms with Gasteiger partial charge in [-0.3, -0.25) is 14.5 Å². The summed E-state index contributed by atoms with van der Waals surface area (Å²) in [7, 11) is 0. The van der Waals surface area contributed by atoms with Gasteiger partial charge in [0.1, 0.15) is 11.0 Å². The molecule has 1 aliphatic heterocycles. The highest BCUT2D eigenvalue weighted by molar-refractivity contribution is 8.15. The number of carbonyl (C=O) groups excluding carboxylic acids is 2. The number of nitrogens with zero attached hydrogens (tertiary/aromatic N) is 2. The zero-order valence-electron chi connectivity index (χ0n) is 15.9. The Bertz CT molecular complexity index is 853. The Morgan fingerprint density at radius 3 is 2.50 bits per heavy atom. The third-order valence-electron chi connectivity index (χ3n) is 4.14. The van der Waals surface area contributed by atoms with E-state index in [0.717, 1.165) is 11.4 Å². The molecule has 1 aliphatic rings. The molecule has 146 valence electrons. The molecule has 1 N–H and O–H groups in total. The van der Waals surface area contributed by atoms with E-state index in [-0.39, 0.29) is 18.2 Å². The van der Waals surface area contributed by atoms with Crippen LogP contribution in [-0.4, -0.2) is 40.3 Å². The summed E-state index contributed by atoms with van der Waals surface area (Å²) >= 11 is 1.34. The van der Waals surface area contributed by atoms with E-state index >= 15 is 0 Å². The van der Waals surface area contributed by atoms with Crippen molar-refractivity contribution in [2.45, 2.75) is 25.5 Å². The molecular formula is C21H23N3O3S.